The summed E-state index contributed by atoms with van der Waals surface area (Å²) in [4.78, 5) is 11.8. The first-order valence-electron chi connectivity index (χ1n) is 6.50. The van der Waals surface area contributed by atoms with Gasteiger partial charge in [-0.3, -0.25) is 4.79 Å². The van der Waals surface area contributed by atoms with Crippen molar-refractivity contribution in [3.8, 4) is 11.3 Å². The Hall–Kier alpha value is -2.46. The summed E-state index contributed by atoms with van der Waals surface area (Å²) in [7, 11) is 0. The zero-order valence-corrected chi connectivity index (χ0v) is 11.1. The van der Waals surface area contributed by atoms with Crippen molar-refractivity contribution < 1.29 is 0 Å². The highest BCUT2D eigenvalue weighted by Crippen LogP contribution is 2.25. The summed E-state index contributed by atoms with van der Waals surface area (Å²) in [5.74, 6) is 0. The number of hydrogen-bond acceptors (Lipinski definition) is 3. The molecule has 0 aliphatic rings. The second-order valence-corrected chi connectivity index (χ2v) is 4.86. The van der Waals surface area contributed by atoms with Gasteiger partial charge in [-0.1, -0.05) is 42.5 Å². The Morgan fingerprint density at radius 1 is 1.05 bits per heavy atom. The van der Waals surface area contributed by atoms with Gasteiger partial charge in [-0.05, 0) is 18.6 Å². The van der Waals surface area contributed by atoms with Crippen molar-refractivity contribution in [3.63, 3.8) is 0 Å². The third-order valence-electron chi connectivity index (χ3n) is 3.41. The fourth-order valence-corrected chi connectivity index (χ4v) is 2.28. The fourth-order valence-electron chi connectivity index (χ4n) is 2.28. The molecule has 0 radical (unpaired) electrons. The minimum absolute atomic E-state index is 0.00401. The number of nitrogens with zero attached hydrogens (tertiary/aromatic N) is 1. The quantitative estimate of drug-likeness (QED) is 0.748. The summed E-state index contributed by atoms with van der Waals surface area (Å²) < 4.78 is 0. The summed E-state index contributed by atoms with van der Waals surface area (Å²) in [5.41, 5.74) is 8.49. The van der Waals surface area contributed by atoms with Crippen molar-refractivity contribution in [2.75, 3.05) is 0 Å². The maximum atomic E-state index is 11.8. The van der Waals surface area contributed by atoms with E-state index in [1.807, 2.05) is 49.4 Å². The van der Waals surface area contributed by atoms with Crippen LogP contribution in [0.5, 0.6) is 0 Å². The van der Waals surface area contributed by atoms with E-state index in [4.69, 9.17) is 5.73 Å². The molecule has 3 rings (SSSR count). The van der Waals surface area contributed by atoms with E-state index in [2.05, 4.69) is 10.2 Å². The molecule has 1 heterocycles. The molecule has 1 atom stereocenters. The van der Waals surface area contributed by atoms with Gasteiger partial charge in [0.25, 0.3) is 5.56 Å². The highest BCUT2D eigenvalue weighted by Gasteiger charge is 2.08. The molecule has 3 aromatic rings. The molecule has 0 spiro atoms. The predicted molar refractivity (Wildman–Crippen MR) is 80.4 cm³/mol. The van der Waals surface area contributed by atoms with Crippen LogP contribution in [0.25, 0.3) is 22.0 Å². The van der Waals surface area contributed by atoms with Crippen LogP contribution >= 0.6 is 0 Å². The first-order valence-corrected chi connectivity index (χ1v) is 6.50. The number of H-pyrrole nitrogens is 1. The molecule has 0 aliphatic heterocycles. The van der Waals surface area contributed by atoms with Gasteiger partial charge in [-0.25, -0.2) is 5.10 Å². The Kier molecular flexibility index (Phi) is 3.08. The number of benzene rings is 2. The molecule has 20 heavy (non-hydrogen) atoms. The Morgan fingerprint density at radius 3 is 2.35 bits per heavy atom. The van der Waals surface area contributed by atoms with E-state index in [-0.39, 0.29) is 11.6 Å². The molecule has 0 bridgehead atoms. The molecule has 4 nitrogen and oxygen atoms in total. The lowest BCUT2D eigenvalue weighted by Crippen LogP contribution is -2.09. The summed E-state index contributed by atoms with van der Waals surface area (Å²) in [6.07, 6.45) is 0. The Morgan fingerprint density at radius 2 is 1.70 bits per heavy atom. The lowest BCUT2D eigenvalue weighted by atomic mass is 10.0. The number of hydrogen-bond donors (Lipinski definition) is 2. The zero-order valence-electron chi connectivity index (χ0n) is 11.1. The van der Waals surface area contributed by atoms with Crippen molar-refractivity contribution >= 4 is 10.8 Å². The smallest absolute Gasteiger partial charge is 0.272 e. The highest BCUT2D eigenvalue weighted by atomic mass is 16.1. The van der Waals surface area contributed by atoms with Gasteiger partial charge in [-0.2, -0.15) is 5.10 Å². The molecular formula is C16H15N3O. The summed E-state index contributed by atoms with van der Waals surface area (Å²) in [5, 5.41) is 8.23. The summed E-state index contributed by atoms with van der Waals surface area (Å²) >= 11 is 0. The standard InChI is InChI=1S/C16H15N3O/c1-10(17)11-6-8-12(9-7-11)15-13-4-2-3-5-14(13)16(20)19-18-15/h2-10H,17H2,1H3,(H,19,20)/t10-/m1/s1. The van der Waals surface area contributed by atoms with Crippen LogP contribution in [0, 0.1) is 0 Å². The second kappa shape index (κ2) is 4.90. The molecule has 3 N–H and O–H groups in total. The normalized spacial score (nSPS) is 12.5. The van der Waals surface area contributed by atoms with Crippen molar-refractivity contribution in [3.05, 3.63) is 64.4 Å². The van der Waals surface area contributed by atoms with Crippen molar-refractivity contribution in [1.82, 2.24) is 10.2 Å². The third kappa shape index (κ3) is 2.10. The van der Waals surface area contributed by atoms with Crippen LogP contribution in [-0.4, -0.2) is 10.2 Å². The van der Waals surface area contributed by atoms with E-state index in [1.54, 1.807) is 6.07 Å². The molecule has 4 heteroatoms. The SMILES string of the molecule is C[C@@H](N)c1ccc(-c2n[nH]c(=O)c3ccccc23)cc1. The predicted octanol–water partition coefficient (Wildman–Crippen LogP) is 2.61. The number of nitrogens with one attached hydrogen (secondary N) is 1. The molecule has 0 aliphatic carbocycles. The highest BCUT2D eigenvalue weighted by molar-refractivity contribution is 5.93. The van der Waals surface area contributed by atoms with Gasteiger partial charge in [-0.15, -0.1) is 0 Å². The van der Waals surface area contributed by atoms with Crippen LogP contribution in [0.1, 0.15) is 18.5 Å². The van der Waals surface area contributed by atoms with E-state index in [1.165, 1.54) is 0 Å². The Bertz CT molecular complexity index is 804. The van der Waals surface area contributed by atoms with Gasteiger partial charge < -0.3 is 5.73 Å². The van der Waals surface area contributed by atoms with Crippen molar-refractivity contribution in [1.29, 1.82) is 0 Å². The lowest BCUT2D eigenvalue weighted by Gasteiger charge is -2.08. The van der Waals surface area contributed by atoms with Crippen molar-refractivity contribution in [2.45, 2.75) is 13.0 Å². The lowest BCUT2D eigenvalue weighted by molar-refractivity contribution is 0.818. The van der Waals surface area contributed by atoms with Gasteiger partial charge in [0.05, 0.1) is 11.1 Å². The van der Waals surface area contributed by atoms with Crippen LogP contribution in [0.2, 0.25) is 0 Å². The molecule has 0 fully saturated rings. The summed E-state index contributed by atoms with van der Waals surface area (Å²) in [6.45, 7) is 1.95. The van der Waals surface area contributed by atoms with Gasteiger partial charge in [0.2, 0.25) is 0 Å². The minimum atomic E-state index is -0.170. The average Bonchev–Trinajstić information content (AvgIpc) is 2.48. The number of fused-ring (bicyclic) bond motifs is 1. The molecule has 100 valence electrons. The molecule has 0 amide bonds. The summed E-state index contributed by atoms with van der Waals surface area (Å²) in [6, 6.07) is 15.4. The maximum absolute atomic E-state index is 11.8. The van der Waals surface area contributed by atoms with Gasteiger partial charge >= 0.3 is 0 Å². The minimum Gasteiger partial charge on any atom is -0.324 e. The van der Waals surface area contributed by atoms with E-state index < -0.39 is 0 Å². The van der Waals surface area contributed by atoms with Crippen LogP contribution in [0.4, 0.5) is 0 Å². The molecule has 0 saturated carbocycles. The molecular weight excluding hydrogens is 250 g/mol. The van der Waals surface area contributed by atoms with Gasteiger partial charge in [0, 0.05) is 17.0 Å². The van der Waals surface area contributed by atoms with E-state index in [9.17, 15) is 4.79 Å². The number of aromatic amines is 1. The average molecular weight is 265 g/mol. The first-order chi connectivity index (χ1) is 9.66. The topological polar surface area (TPSA) is 71.8 Å². The number of nitrogens with two attached hydrogens (primary N) is 1. The van der Waals surface area contributed by atoms with Crippen LogP contribution in [-0.2, 0) is 0 Å². The Balaban J connectivity index is 2.20. The van der Waals surface area contributed by atoms with Crippen molar-refractivity contribution in [2.24, 2.45) is 5.73 Å². The number of aromatic nitrogens is 2. The van der Waals surface area contributed by atoms with E-state index >= 15 is 0 Å². The molecule has 0 saturated heterocycles. The van der Waals surface area contributed by atoms with Crippen LogP contribution in [0.15, 0.2) is 53.3 Å². The van der Waals surface area contributed by atoms with Gasteiger partial charge in [0.1, 0.15) is 0 Å². The van der Waals surface area contributed by atoms with Crippen LogP contribution in [0.3, 0.4) is 0 Å². The fraction of sp³-hybridized carbons (Fsp3) is 0.125. The monoisotopic (exact) mass is 265 g/mol. The number of rotatable bonds is 2. The largest absolute Gasteiger partial charge is 0.324 e. The maximum Gasteiger partial charge on any atom is 0.272 e. The van der Waals surface area contributed by atoms with Gasteiger partial charge in [0.15, 0.2) is 0 Å². The third-order valence-corrected chi connectivity index (χ3v) is 3.41. The molecule has 0 unspecified atom stereocenters. The molecule has 1 aromatic heterocycles. The van der Waals surface area contributed by atoms with Crippen LogP contribution < -0.4 is 11.3 Å². The van der Waals surface area contributed by atoms with E-state index in [0.717, 1.165) is 22.2 Å². The molecule has 2 aromatic carbocycles. The zero-order chi connectivity index (χ0) is 14.1. The first kappa shape index (κ1) is 12.6. The second-order valence-electron chi connectivity index (χ2n) is 4.86. The van der Waals surface area contributed by atoms with E-state index in [0.29, 0.717) is 5.39 Å². The Labute approximate surface area is 116 Å².